The van der Waals surface area contributed by atoms with Crippen molar-refractivity contribution in [2.45, 2.75) is 37.3 Å². The zero-order chi connectivity index (χ0) is 16.1. The molecule has 2 rings (SSSR count). The van der Waals surface area contributed by atoms with E-state index in [1.165, 1.54) is 0 Å². The van der Waals surface area contributed by atoms with Gasteiger partial charge in [-0.25, -0.2) is 0 Å². The van der Waals surface area contributed by atoms with Crippen LogP contribution in [-0.4, -0.2) is 11.2 Å². The summed E-state index contributed by atoms with van der Waals surface area (Å²) in [5.41, 5.74) is 3.10. The standard InChI is InChI=1S/C18H20ClNOS/c1-4-17(22-15-9-7-14(19)8-10-15)18(21)20-16-11-12(2)5-6-13(16)3/h5-11,17H,4H2,1-3H3,(H,20,21)/t17-/m1/s1. The molecule has 0 aliphatic heterocycles. The zero-order valence-corrected chi connectivity index (χ0v) is 14.6. The molecule has 0 saturated carbocycles. The quantitative estimate of drug-likeness (QED) is 0.735. The van der Waals surface area contributed by atoms with E-state index in [2.05, 4.69) is 5.32 Å². The zero-order valence-electron chi connectivity index (χ0n) is 13.0. The number of carbonyl (C=O) groups is 1. The van der Waals surface area contributed by atoms with Crippen LogP contribution in [0.25, 0.3) is 0 Å². The molecule has 2 nitrogen and oxygen atoms in total. The number of thioether (sulfide) groups is 1. The van der Waals surface area contributed by atoms with Gasteiger partial charge < -0.3 is 5.32 Å². The van der Waals surface area contributed by atoms with E-state index in [-0.39, 0.29) is 11.2 Å². The van der Waals surface area contributed by atoms with E-state index in [1.807, 2.05) is 63.2 Å². The van der Waals surface area contributed by atoms with Crippen LogP contribution in [0.1, 0.15) is 24.5 Å². The van der Waals surface area contributed by atoms with Gasteiger partial charge in [-0.1, -0.05) is 30.7 Å². The third-order valence-electron chi connectivity index (χ3n) is 3.41. The normalized spacial score (nSPS) is 12.0. The Morgan fingerprint density at radius 3 is 2.50 bits per heavy atom. The summed E-state index contributed by atoms with van der Waals surface area (Å²) >= 11 is 7.46. The summed E-state index contributed by atoms with van der Waals surface area (Å²) in [6.07, 6.45) is 0.768. The number of anilines is 1. The second-order valence-electron chi connectivity index (χ2n) is 5.28. The maximum atomic E-state index is 12.5. The molecule has 0 aromatic heterocycles. The van der Waals surface area contributed by atoms with Gasteiger partial charge in [-0.2, -0.15) is 0 Å². The predicted octanol–water partition coefficient (Wildman–Crippen LogP) is 5.47. The Bertz CT molecular complexity index is 655. The van der Waals surface area contributed by atoms with Crippen molar-refractivity contribution in [3.05, 3.63) is 58.6 Å². The van der Waals surface area contributed by atoms with Gasteiger partial charge >= 0.3 is 0 Å². The fourth-order valence-electron chi connectivity index (χ4n) is 2.08. The molecule has 0 aliphatic rings. The van der Waals surface area contributed by atoms with Crippen LogP contribution in [0.15, 0.2) is 47.4 Å². The molecule has 0 saturated heterocycles. The number of rotatable bonds is 5. The van der Waals surface area contributed by atoms with Gasteiger partial charge in [-0.3, -0.25) is 4.79 Å². The average Bonchev–Trinajstić information content (AvgIpc) is 2.50. The van der Waals surface area contributed by atoms with E-state index in [0.717, 1.165) is 28.1 Å². The van der Waals surface area contributed by atoms with Crippen molar-refractivity contribution < 1.29 is 4.79 Å². The van der Waals surface area contributed by atoms with E-state index in [9.17, 15) is 4.79 Å². The van der Waals surface area contributed by atoms with Crippen molar-refractivity contribution in [1.29, 1.82) is 0 Å². The number of benzene rings is 2. The van der Waals surface area contributed by atoms with Crippen LogP contribution in [0.5, 0.6) is 0 Å². The van der Waals surface area contributed by atoms with E-state index in [0.29, 0.717) is 5.02 Å². The first-order chi connectivity index (χ1) is 10.5. The minimum atomic E-state index is -0.124. The molecule has 1 amide bonds. The minimum absolute atomic E-state index is 0.0381. The molecule has 0 spiro atoms. The molecule has 0 unspecified atom stereocenters. The van der Waals surface area contributed by atoms with Crippen LogP contribution in [0.2, 0.25) is 5.02 Å². The molecule has 0 fully saturated rings. The molecule has 116 valence electrons. The van der Waals surface area contributed by atoms with Gasteiger partial charge in [-0.15, -0.1) is 11.8 Å². The first-order valence-electron chi connectivity index (χ1n) is 7.30. The van der Waals surface area contributed by atoms with Crippen molar-refractivity contribution in [3.8, 4) is 0 Å². The molecule has 1 N–H and O–H groups in total. The summed E-state index contributed by atoms with van der Waals surface area (Å²) in [7, 11) is 0. The third kappa shape index (κ3) is 4.52. The summed E-state index contributed by atoms with van der Waals surface area (Å²) in [5, 5.41) is 3.63. The van der Waals surface area contributed by atoms with Crippen molar-refractivity contribution in [1.82, 2.24) is 0 Å². The number of hydrogen-bond donors (Lipinski definition) is 1. The van der Waals surface area contributed by atoms with Gasteiger partial charge in [0, 0.05) is 15.6 Å². The van der Waals surface area contributed by atoms with Crippen LogP contribution >= 0.6 is 23.4 Å². The van der Waals surface area contributed by atoms with E-state index in [4.69, 9.17) is 11.6 Å². The van der Waals surface area contributed by atoms with E-state index >= 15 is 0 Å². The molecular weight excluding hydrogens is 314 g/mol. The predicted molar refractivity (Wildman–Crippen MR) is 95.9 cm³/mol. The van der Waals surface area contributed by atoms with Gasteiger partial charge in [-0.05, 0) is 61.7 Å². The lowest BCUT2D eigenvalue weighted by atomic mass is 10.1. The number of halogens is 1. The van der Waals surface area contributed by atoms with E-state index < -0.39 is 0 Å². The molecule has 0 heterocycles. The van der Waals surface area contributed by atoms with Crippen LogP contribution < -0.4 is 5.32 Å². The fourth-order valence-corrected chi connectivity index (χ4v) is 3.16. The highest BCUT2D eigenvalue weighted by atomic mass is 35.5. The second-order valence-corrected chi connectivity index (χ2v) is 6.99. The maximum Gasteiger partial charge on any atom is 0.237 e. The minimum Gasteiger partial charge on any atom is -0.325 e. The Kier molecular flexibility index (Phi) is 5.92. The molecule has 0 bridgehead atoms. The highest BCUT2D eigenvalue weighted by Gasteiger charge is 2.18. The molecular formula is C18H20ClNOS. The molecule has 4 heteroatoms. The largest absolute Gasteiger partial charge is 0.325 e. The monoisotopic (exact) mass is 333 g/mol. The van der Waals surface area contributed by atoms with E-state index in [1.54, 1.807) is 11.8 Å². The molecule has 0 aliphatic carbocycles. The van der Waals surface area contributed by atoms with Crippen LogP contribution in [0.3, 0.4) is 0 Å². The van der Waals surface area contributed by atoms with Gasteiger partial charge in [0.05, 0.1) is 5.25 Å². The van der Waals surface area contributed by atoms with Crippen LogP contribution in [0, 0.1) is 13.8 Å². The van der Waals surface area contributed by atoms with Crippen molar-refractivity contribution >= 4 is 35.0 Å². The first-order valence-corrected chi connectivity index (χ1v) is 8.55. The lowest BCUT2D eigenvalue weighted by Crippen LogP contribution is -2.25. The second kappa shape index (κ2) is 7.70. The summed E-state index contributed by atoms with van der Waals surface area (Å²) < 4.78 is 0. The number of aryl methyl sites for hydroxylation is 2. The number of carbonyl (C=O) groups excluding carboxylic acids is 1. The molecule has 0 radical (unpaired) electrons. The van der Waals surface area contributed by atoms with Gasteiger partial charge in [0.2, 0.25) is 5.91 Å². The Labute approximate surface area is 141 Å². The molecule has 2 aromatic carbocycles. The van der Waals surface area contributed by atoms with Crippen LogP contribution in [0.4, 0.5) is 5.69 Å². The summed E-state index contributed by atoms with van der Waals surface area (Å²) in [6, 6.07) is 13.7. The van der Waals surface area contributed by atoms with Gasteiger partial charge in [0.1, 0.15) is 0 Å². The topological polar surface area (TPSA) is 29.1 Å². The Morgan fingerprint density at radius 1 is 1.18 bits per heavy atom. The molecule has 22 heavy (non-hydrogen) atoms. The Hall–Kier alpha value is -1.45. The number of amides is 1. The first kappa shape index (κ1) is 16.9. The Balaban J connectivity index is 2.08. The smallest absolute Gasteiger partial charge is 0.237 e. The van der Waals surface area contributed by atoms with Crippen molar-refractivity contribution in [2.24, 2.45) is 0 Å². The highest BCUT2D eigenvalue weighted by molar-refractivity contribution is 8.00. The third-order valence-corrected chi connectivity index (χ3v) is 5.03. The number of nitrogens with one attached hydrogen (secondary N) is 1. The fraction of sp³-hybridized carbons (Fsp3) is 0.278. The SMILES string of the molecule is CC[C@@H](Sc1ccc(Cl)cc1)C(=O)Nc1cc(C)ccc1C. The van der Waals surface area contributed by atoms with Gasteiger partial charge in [0.25, 0.3) is 0 Å². The maximum absolute atomic E-state index is 12.5. The summed E-state index contributed by atoms with van der Waals surface area (Å²) in [5.74, 6) is 0.0381. The summed E-state index contributed by atoms with van der Waals surface area (Å²) in [6.45, 7) is 6.05. The lowest BCUT2D eigenvalue weighted by Gasteiger charge is -2.16. The van der Waals surface area contributed by atoms with Crippen molar-refractivity contribution in [2.75, 3.05) is 5.32 Å². The molecule has 2 aromatic rings. The Morgan fingerprint density at radius 2 is 1.86 bits per heavy atom. The van der Waals surface area contributed by atoms with Gasteiger partial charge in [0.15, 0.2) is 0 Å². The van der Waals surface area contributed by atoms with Crippen molar-refractivity contribution in [3.63, 3.8) is 0 Å². The average molecular weight is 334 g/mol. The number of hydrogen-bond acceptors (Lipinski definition) is 2. The lowest BCUT2D eigenvalue weighted by molar-refractivity contribution is -0.115. The highest BCUT2D eigenvalue weighted by Crippen LogP contribution is 2.28. The molecule has 1 atom stereocenters. The van der Waals surface area contributed by atoms with Crippen LogP contribution in [-0.2, 0) is 4.79 Å². The summed E-state index contributed by atoms with van der Waals surface area (Å²) in [4.78, 5) is 13.6.